The summed E-state index contributed by atoms with van der Waals surface area (Å²) in [5.74, 6) is 0.966. The number of aryl methyl sites for hydroxylation is 1. The molecule has 0 spiro atoms. The van der Waals surface area contributed by atoms with Crippen molar-refractivity contribution in [1.82, 2.24) is 5.32 Å². The van der Waals surface area contributed by atoms with Crippen LogP contribution in [0, 0.1) is 6.92 Å². The van der Waals surface area contributed by atoms with Gasteiger partial charge < -0.3 is 10.1 Å². The van der Waals surface area contributed by atoms with Crippen LogP contribution >= 0.6 is 0 Å². The fraction of sp³-hybridized carbons (Fsp3) is 0.500. The molecule has 0 radical (unpaired) electrons. The summed E-state index contributed by atoms with van der Waals surface area (Å²) in [6, 6.07) is 6.83. The Bertz CT molecular complexity index is 294. The second-order valence-corrected chi connectivity index (χ2v) is 3.84. The highest BCUT2D eigenvalue weighted by atomic mass is 16.5. The summed E-state index contributed by atoms with van der Waals surface area (Å²) in [7, 11) is 1.71. The molecule has 2 nitrogen and oxygen atoms in total. The van der Waals surface area contributed by atoms with Crippen molar-refractivity contribution in [3.8, 4) is 5.75 Å². The molecule has 1 aromatic rings. The zero-order valence-electron chi connectivity index (χ0n) is 9.42. The van der Waals surface area contributed by atoms with Gasteiger partial charge in [0.05, 0.1) is 7.11 Å². The highest BCUT2D eigenvalue weighted by molar-refractivity contribution is 5.36. The van der Waals surface area contributed by atoms with Gasteiger partial charge in [0.15, 0.2) is 0 Å². The first-order valence-electron chi connectivity index (χ1n) is 5.00. The van der Waals surface area contributed by atoms with Crippen molar-refractivity contribution in [2.45, 2.75) is 33.4 Å². The van der Waals surface area contributed by atoms with Gasteiger partial charge in [-0.1, -0.05) is 26.0 Å². The molecule has 0 saturated heterocycles. The maximum absolute atomic E-state index is 5.26. The summed E-state index contributed by atoms with van der Waals surface area (Å²) in [5.41, 5.74) is 2.45. The van der Waals surface area contributed by atoms with Crippen molar-refractivity contribution >= 4 is 0 Å². The number of methoxy groups -OCH3 is 1. The van der Waals surface area contributed by atoms with Crippen LogP contribution in [0.2, 0.25) is 0 Å². The molecule has 78 valence electrons. The van der Waals surface area contributed by atoms with Gasteiger partial charge in [-0.25, -0.2) is 0 Å². The SMILES string of the molecule is COc1cc(CNC(C)C)ccc1C. The third-order valence-corrected chi connectivity index (χ3v) is 2.19. The van der Waals surface area contributed by atoms with Crippen LogP contribution in [-0.2, 0) is 6.54 Å². The first kappa shape index (κ1) is 11.1. The molecule has 14 heavy (non-hydrogen) atoms. The molecule has 0 saturated carbocycles. The number of rotatable bonds is 4. The van der Waals surface area contributed by atoms with Crippen LogP contribution in [0.5, 0.6) is 5.75 Å². The lowest BCUT2D eigenvalue weighted by Crippen LogP contribution is -2.21. The lowest BCUT2D eigenvalue weighted by Gasteiger charge is -2.10. The molecule has 0 fully saturated rings. The Morgan fingerprint density at radius 3 is 2.64 bits per heavy atom. The molecule has 0 aliphatic carbocycles. The van der Waals surface area contributed by atoms with Gasteiger partial charge in [-0.15, -0.1) is 0 Å². The van der Waals surface area contributed by atoms with Gasteiger partial charge in [-0.05, 0) is 24.1 Å². The van der Waals surface area contributed by atoms with E-state index in [0.29, 0.717) is 6.04 Å². The molecule has 0 bridgehead atoms. The van der Waals surface area contributed by atoms with Gasteiger partial charge in [-0.2, -0.15) is 0 Å². The van der Waals surface area contributed by atoms with Crippen LogP contribution in [0.3, 0.4) is 0 Å². The van der Waals surface area contributed by atoms with E-state index in [0.717, 1.165) is 12.3 Å². The minimum absolute atomic E-state index is 0.516. The Labute approximate surface area is 86.3 Å². The molecule has 0 aromatic heterocycles. The van der Waals surface area contributed by atoms with Gasteiger partial charge in [0.2, 0.25) is 0 Å². The standard InChI is InChI=1S/C12H19NO/c1-9(2)13-8-11-6-5-10(3)12(7-11)14-4/h5-7,9,13H,8H2,1-4H3. The van der Waals surface area contributed by atoms with E-state index in [1.54, 1.807) is 7.11 Å². The maximum Gasteiger partial charge on any atom is 0.122 e. The van der Waals surface area contributed by atoms with E-state index in [-0.39, 0.29) is 0 Å². The highest BCUT2D eigenvalue weighted by Gasteiger charge is 2.00. The number of benzene rings is 1. The fourth-order valence-corrected chi connectivity index (χ4v) is 1.30. The van der Waals surface area contributed by atoms with E-state index < -0.39 is 0 Å². The van der Waals surface area contributed by atoms with Crippen molar-refractivity contribution in [2.75, 3.05) is 7.11 Å². The average molecular weight is 193 g/mol. The number of hydrogen-bond acceptors (Lipinski definition) is 2. The second-order valence-electron chi connectivity index (χ2n) is 3.84. The Balaban J connectivity index is 2.69. The predicted molar refractivity (Wildman–Crippen MR) is 59.7 cm³/mol. The Hall–Kier alpha value is -1.02. The molecule has 0 atom stereocenters. The molecular formula is C12H19NO. The summed E-state index contributed by atoms with van der Waals surface area (Å²) in [5, 5.41) is 3.38. The highest BCUT2D eigenvalue weighted by Crippen LogP contribution is 2.18. The molecule has 1 N–H and O–H groups in total. The third-order valence-electron chi connectivity index (χ3n) is 2.19. The molecule has 0 amide bonds. The van der Waals surface area contributed by atoms with Crippen LogP contribution in [0.15, 0.2) is 18.2 Å². The van der Waals surface area contributed by atoms with E-state index in [9.17, 15) is 0 Å². The molecule has 1 aromatic carbocycles. The van der Waals surface area contributed by atoms with Gasteiger partial charge >= 0.3 is 0 Å². The topological polar surface area (TPSA) is 21.3 Å². The smallest absolute Gasteiger partial charge is 0.122 e. The zero-order valence-corrected chi connectivity index (χ0v) is 9.42. The summed E-state index contributed by atoms with van der Waals surface area (Å²) < 4.78 is 5.26. The van der Waals surface area contributed by atoms with Gasteiger partial charge in [0.25, 0.3) is 0 Å². The van der Waals surface area contributed by atoms with Gasteiger partial charge in [-0.3, -0.25) is 0 Å². The second kappa shape index (κ2) is 5.01. The quantitative estimate of drug-likeness (QED) is 0.793. The lowest BCUT2D eigenvalue weighted by atomic mass is 10.1. The van der Waals surface area contributed by atoms with Crippen molar-refractivity contribution in [1.29, 1.82) is 0 Å². The number of ether oxygens (including phenoxy) is 1. The summed E-state index contributed by atoms with van der Waals surface area (Å²) >= 11 is 0. The maximum atomic E-state index is 5.26. The zero-order chi connectivity index (χ0) is 10.6. The molecule has 0 aliphatic rings. The van der Waals surface area contributed by atoms with Crippen molar-refractivity contribution in [2.24, 2.45) is 0 Å². The summed E-state index contributed by atoms with van der Waals surface area (Å²) in [6.45, 7) is 7.24. The lowest BCUT2D eigenvalue weighted by molar-refractivity contribution is 0.411. The Morgan fingerprint density at radius 2 is 2.07 bits per heavy atom. The van der Waals surface area contributed by atoms with Gasteiger partial charge in [0, 0.05) is 12.6 Å². The molecule has 0 heterocycles. The first-order chi connectivity index (χ1) is 6.63. The normalized spacial score (nSPS) is 10.6. The third kappa shape index (κ3) is 3.04. The molecular weight excluding hydrogens is 174 g/mol. The van der Waals surface area contributed by atoms with E-state index in [1.165, 1.54) is 11.1 Å². The first-order valence-corrected chi connectivity index (χ1v) is 5.00. The van der Waals surface area contributed by atoms with Crippen molar-refractivity contribution in [3.63, 3.8) is 0 Å². The molecule has 0 aliphatic heterocycles. The van der Waals surface area contributed by atoms with Crippen molar-refractivity contribution < 1.29 is 4.74 Å². The summed E-state index contributed by atoms with van der Waals surface area (Å²) in [6.07, 6.45) is 0. The van der Waals surface area contributed by atoms with Crippen LogP contribution in [0.4, 0.5) is 0 Å². The predicted octanol–water partition coefficient (Wildman–Crippen LogP) is 2.50. The van der Waals surface area contributed by atoms with E-state index >= 15 is 0 Å². The summed E-state index contributed by atoms with van der Waals surface area (Å²) in [4.78, 5) is 0. The Morgan fingerprint density at radius 1 is 1.36 bits per heavy atom. The number of hydrogen-bond donors (Lipinski definition) is 1. The monoisotopic (exact) mass is 193 g/mol. The minimum atomic E-state index is 0.516. The van der Waals surface area contributed by atoms with Crippen LogP contribution in [0.25, 0.3) is 0 Å². The van der Waals surface area contributed by atoms with Crippen LogP contribution in [-0.4, -0.2) is 13.2 Å². The van der Waals surface area contributed by atoms with Crippen LogP contribution < -0.4 is 10.1 Å². The van der Waals surface area contributed by atoms with Gasteiger partial charge in [0.1, 0.15) is 5.75 Å². The molecule has 0 unspecified atom stereocenters. The van der Waals surface area contributed by atoms with E-state index in [1.807, 2.05) is 0 Å². The largest absolute Gasteiger partial charge is 0.496 e. The molecule has 2 heteroatoms. The molecule has 1 rings (SSSR count). The number of nitrogens with one attached hydrogen (secondary N) is 1. The Kier molecular flexibility index (Phi) is 3.96. The fourth-order valence-electron chi connectivity index (χ4n) is 1.30. The van der Waals surface area contributed by atoms with Crippen LogP contribution in [0.1, 0.15) is 25.0 Å². The van der Waals surface area contributed by atoms with E-state index in [4.69, 9.17) is 4.74 Å². The van der Waals surface area contributed by atoms with E-state index in [2.05, 4.69) is 44.3 Å². The average Bonchev–Trinajstić information content (AvgIpc) is 2.16. The minimum Gasteiger partial charge on any atom is -0.496 e. The van der Waals surface area contributed by atoms with Crippen molar-refractivity contribution in [3.05, 3.63) is 29.3 Å².